The van der Waals surface area contributed by atoms with E-state index in [1.807, 2.05) is 12.1 Å². The highest BCUT2D eigenvalue weighted by molar-refractivity contribution is 7.80. The van der Waals surface area contributed by atoms with E-state index < -0.39 is 0 Å². The molecule has 0 unspecified atom stereocenters. The zero-order valence-corrected chi connectivity index (χ0v) is 15.1. The molecule has 0 spiro atoms. The van der Waals surface area contributed by atoms with Gasteiger partial charge in [-0.2, -0.15) is 18.8 Å². The Bertz CT molecular complexity index is 762. The summed E-state index contributed by atoms with van der Waals surface area (Å²) in [5.74, 6) is 1.33. The normalized spacial score (nSPS) is 15.3. The van der Waals surface area contributed by atoms with E-state index in [-0.39, 0.29) is 13.5 Å². The summed E-state index contributed by atoms with van der Waals surface area (Å²) in [5, 5.41) is 8.71. The van der Waals surface area contributed by atoms with Crippen molar-refractivity contribution < 1.29 is 0 Å². The number of rotatable bonds is 3. The Balaban J connectivity index is 0.000000167. The van der Waals surface area contributed by atoms with Gasteiger partial charge in [0.2, 0.25) is 0 Å². The van der Waals surface area contributed by atoms with Crippen molar-refractivity contribution in [2.24, 2.45) is 5.73 Å². The number of nitrogens with zero attached hydrogens (tertiary/aromatic N) is 3. The standard InChI is InChI=1S/C9H10N2S.C9H8N2.H2S/c10-9(12)8-5-11-4-3-7(8)6-1-2-6;10-5-8-6-11-4-3-9(8)7-1-2-7;/h3-6H,1-2H2,(H2,10,12);3-4,6-7H,1-2H2;1H2. The van der Waals surface area contributed by atoms with Gasteiger partial charge in [-0.05, 0) is 60.8 Å². The Morgan fingerprint density at radius 1 is 1.04 bits per heavy atom. The van der Waals surface area contributed by atoms with Gasteiger partial charge >= 0.3 is 0 Å². The fourth-order valence-corrected chi connectivity index (χ4v) is 2.78. The smallest absolute Gasteiger partial charge is 0.105 e. The molecule has 2 aromatic heterocycles. The van der Waals surface area contributed by atoms with Crippen LogP contribution in [0.2, 0.25) is 0 Å². The molecule has 2 N–H and O–H groups in total. The van der Waals surface area contributed by atoms with Crippen molar-refractivity contribution >= 4 is 30.7 Å². The number of nitriles is 1. The van der Waals surface area contributed by atoms with Crippen LogP contribution >= 0.6 is 25.7 Å². The molecular weight excluding hydrogens is 336 g/mol. The van der Waals surface area contributed by atoms with E-state index in [0.717, 1.165) is 11.1 Å². The van der Waals surface area contributed by atoms with Gasteiger partial charge in [0.25, 0.3) is 0 Å². The van der Waals surface area contributed by atoms with Crippen LogP contribution < -0.4 is 5.73 Å². The van der Waals surface area contributed by atoms with E-state index >= 15 is 0 Å². The van der Waals surface area contributed by atoms with Crippen LogP contribution in [0.15, 0.2) is 36.9 Å². The number of aromatic nitrogens is 2. The molecule has 2 aliphatic rings. The van der Waals surface area contributed by atoms with Gasteiger partial charge in [0, 0.05) is 30.4 Å². The average molecular weight is 357 g/mol. The molecule has 6 heteroatoms. The van der Waals surface area contributed by atoms with Crippen LogP contribution in [0, 0.1) is 11.3 Å². The second-order valence-electron chi connectivity index (χ2n) is 5.95. The maximum Gasteiger partial charge on any atom is 0.105 e. The maximum atomic E-state index is 8.71. The summed E-state index contributed by atoms with van der Waals surface area (Å²) in [6.45, 7) is 0. The van der Waals surface area contributed by atoms with Crippen LogP contribution in [0.4, 0.5) is 0 Å². The SMILES string of the molecule is N#Cc1cnccc1C1CC1.NC(=S)c1cnccc1C1CC1.S. The molecule has 0 aromatic carbocycles. The lowest BCUT2D eigenvalue weighted by atomic mass is 10.1. The summed E-state index contributed by atoms with van der Waals surface area (Å²) in [6, 6.07) is 6.13. The van der Waals surface area contributed by atoms with E-state index in [2.05, 4.69) is 16.0 Å². The summed E-state index contributed by atoms with van der Waals surface area (Å²) >= 11 is 4.93. The molecular formula is C18H20N4S2. The molecule has 124 valence electrons. The van der Waals surface area contributed by atoms with E-state index in [0.29, 0.717) is 16.8 Å². The molecule has 2 aliphatic carbocycles. The van der Waals surface area contributed by atoms with Gasteiger partial charge < -0.3 is 5.73 Å². The number of hydrogen-bond acceptors (Lipinski definition) is 4. The monoisotopic (exact) mass is 356 g/mol. The molecule has 0 atom stereocenters. The molecule has 2 saturated carbocycles. The zero-order valence-electron chi connectivity index (χ0n) is 13.3. The third-order valence-electron chi connectivity index (χ3n) is 4.13. The highest BCUT2D eigenvalue weighted by atomic mass is 32.1. The van der Waals surface area contributed by atoms with Gasteiger partial charge in [0.15, 0.2) is 0 Å². The molecule has 2 fully saturated rings. The van der Waals surface area contributed by atoms with E-state index in [4.69, 9.17) is 23.2 Å². The van der Waals surface area contributed by atoms with Crippen LogP contribution in [0.25, 0.3) is 0 Å². The minimum absolute atomic E-state index is 0. The number of nitrogens with two attached hydrogens (primary N) is 1. The molecule has 0 bridgehead atoms. The Morgan fingerprint density at radius 3 is 2.12 bits per heavy atom. The van der Waals surface area contributed by atoms with Gasteiger partial charge in [-0.1, -0.05) is 12.2 Å². The summed E-state index contributed by atoms with van der Waals surface area (Å²) in [5.41, 5.74) is 9.73. The van der Waals surface area contributed by atoms with Gasteiger partial charge in [-0.25, -0.2) is 0 Å². The number of pyridine rings is 2. The average Bonchev–Trinajstić information content (AvgIpc) is 3.48. The molecule has 24 heavy (non-hydrogen) atoms. The molecule has 4 rings (SSSR count). The van der Waals surface area contributed by atoms with Crippen molar-refractivity contribution in [2.75, 3.05) is 0 Å². The van der Waals surface area contributed by atoms with Crippen molar-refractivity contribution in [1.29, 1.82) is 5.26 Å². The van der Waals surface area contributed by atoms with Crippen LogP contribution in [0.5, 0.6) is 0 Å². The molecule has 2 heterocycles. The predicted octanol–water partition coefficient (Wildman–Crippen LogP) is 3.54. The van der Waals surface area contributed by atoms with E-state index in [9.17, 15) is 0 Å². The summed E-state index contributed by atoms with van der Waals surface area (Å²) < 4.78 is 0. The molecule has 0 radical (unpaired) electrons. The quantitative estimate of drug-likeness (QED) is 0.851. The first-order valence-electron chi connectivity index (χ1n) is 7.78. The minimum atomic E-state index is 0. The van der Waals surface area contributed by atoms with Crippen LogP contribution in [-0.4, -0.2) is 15.0 Å². The maximum absolute atomic E-state index is 8.71. The van der Waals surface area contributed by atoms with Gasteiger partial charge in [-0.15, -0.1) is 0 Å². The molecule has 2 aromatic rings. The van der Waals surface area contributed by atoms with E-state index in [1.54, 1.807) is 24.8 Å². The molecule has 0 saturated heterocycles. The Labute approximate surface area is 154 Å². The minimum Gasteiger partial charge on any atom is -0.389 e. The van der Waals surface area contributed by atoms with Crippen molar-refractivity contribution in [1.82, 2.24) is 9.97 Å². The van der Waals surface area contributed by atoms with Crippen molar-refractivity contribution in [3.8, 4) is 6.07 Å². The first-order valence-corrected chi connectivity index (χ1v) is 8.19. The van der Waals surface area contributed by atoms with Gasteiger partial charge in [0.05, 0.1) is 5.56 Å². The van der Waals surface area contributed by atoms with Crippen molar-refractivity contribution in [3.63, 3.8) is 0 Å². The highest BCUT2D eigenvalue weighted by Crippen LogP contribution is 2.41. The van der Waals surface area contributed by atoms with Crippen molar-refractivity contribution in [2.45, 2.75) is 37.5 Å². The lowest BCUT2D eigenvalue weighted by Crippen LogP contribution is -2.12. The molecule has 0 amide bonds. The third-order valence-corrected chi connectivity index (χ3v) is 4.35. The first-order chi connectivity index (χ1) is 11.2. The Morgan fingerprint density at radius 2 is 1.58 bits per heavy atom. The lowest BCUT2D eigenvalue weighted by Gasteiger charge is -2.04. The van der Waals surface area contributed by atoms with Crippen LogP contribution in [-0.2, 0) is 0 Å². The summed E-state index contributed by atoms with van der Waals surface area (Å²) in [6.07, 6.45) is 12.0. The fraction of sp³-hybridized carbons (Fsp3) is 0.333. The van der Waals surface area contributed by atoms with Crippen LogP contribution in [0.1, 0.15) is 59.8 Å². The zero-order chi connectivity index (χ0) is 16.2. The topological polar surface area (TPSA) is 75.6 Å². The lowest BCUT2D eigenvalue weighted by molar-refractivity contribution is 1.09. The second kappa shape index (κ2) is 8.22. The largest absolute Gasteiger partial charge is 0.389 e. The number of hydrogen-bond donors (Lipinski definition) is 1. The highest BCUT2D eigenvalue weighted by Gasteiger charge is 2.26. The fourth-order valence-electron chi connectivity index (χ4n) is 2.61. The predicted molar refractivity (Wildman–Crippen MR) is 103 cm³/mol. The van der Waals surface area contributed by atoms with E-state index in [1.165, 1.54) is 36.8 Å². The van der Waals surface area contributed by atoms with Crippen LogP contribution in [0.3, 0.4) is 0 Å². The van der Waals surface area contributed by atoms with Gasteiger partial charge in [-0.3, -0.25) is 9.97 Å². The van der Waals surface area contributed by atoms with Crippen molar-refractivity contribution in [3.05, 3.63) is 59.2 Å². The number of thiocarbonyl (C=S) groups is 1. The summed E-state index contributed by atoms with van der Waals surface area (Å²) in [4.78, 5) is 8.38. The Hall–Kier alpha value is -1.97. The van der Waals surface area contributed by atoms with Gasteiger partial charge in [0.1, 0.15) is 11.1 Å². The molecule has 0 aliphatic heterocycles. The third kappa shape index (κ3) is 4.53. The first kappa shape index (κ1) is 18.4. The molecule has 4 nitrogen and oxygen atoms in total. The second-order valence-corrected chi connectivity index (χ2v) is 6.39. The summed E-state index contributed by atoms with van der Waals surface area (Å²) in [7, 11) is 0. The Kier molecular flexibility index (Phi) is 6.29.